The normalized spacial score (nSPS) is 29.3. The first kappa shape index (κ1) is 30.5. The van der Waals surface area contributed by atoms with Gasteiger partial charge in [0.15, 0.2) is 5.78 Å². The lowest BCUT2D eigenvalue weighted by molar-refractivity contribution is -0.122. The van der Waals surface area contributed by atoms with Crippen LogP contribution in [0.2, 0.25) is 5.02 Å². The van der Waals surface area contributed by atoms with Crippen molar-refractivity contribution in [1.29, 1.82) is 0 Å². The first-order valence-electron chi connectivity index (χ1n) is 14.7. The molecule has 41 heavy (non-hydrogen) atoms. The number of halogens is 3. The van der Waals surface area contributed by atoms with E-state index in [9.17, 15) is 22.0 Å². The molecule has 5 rings (SSSR count). The molecule has 224 valence electrons. The van der Waals surface area contributed by atoms with E-state index in [0.29, 0.717) is 30.6 Å². The van der Waals surface area contributed by atoms with Crippen LogP contribution in [0.4, 0.5) is 8.78 Å². The van der Waals surface area contributed by atoms with Gasteiger partial charge in [0.2, 0.25) is 10.0 Å². The lowest BCUT2D eigenvalue weighted by Crippen LogP contribution is -2.57. The molecule has 7 atom stereocenters. The third-order valence-electron chi connectivity index (χ3n) is 9.28. The molecular formula is C30H39ClF2N4O3S. The van der Waals surface area contributed by atoms with Gasteiger partial charge in [-0.2, -0.15) is 4.31 Å². The van der Waals surface area contributed by atoms with Crippen molar-refractivity contribution in [2.75, 3.05) is 18.8 Å². The van der Waals surface area contributed by atoms with Crippen molar-refractivity contribution in [1.82, 2.24) is 14.6 Å². The molecule has 7 nitrogen and oxygen atoms in total. The Morgan fingerprint density at radius 1 is 1.07 bits per heavy atom. The van der Waals surface area contributed by atoms with E-state index in [-0.39, 0.29) is 46.9 Å². The molecule has 3 fully saturated rings. The number of ketones is 1. The molecule has 2 aromatic rings. The number of carbonyl (C=O) groups is 1. The molecule has 2 bridgehead atoms. The van der Waals surface area contributed by atoms with E-state index in [2.05, 4.69) is 10.3 Å². The van der Waals surface area contributed by atoms with Gasteiger partial charge >= 0.3 is 0 Å². The number of carbonyl (C=O) groups excluding carboxylic acids is 1. The molecule has 3 heterocycles. The third kappa shape index (κ3) is 7.16. The Kier molecular flexibility index (Phi) is 9.75. The quantitative estimate of drug-likeness (QED) is 0.424. The molecule has 1 aliphatic carbocycles. The van der Waals surface area contributed by atoms with E-state index < -0.39 is 33.6 Å². The van der Waals surface area contributed by atoms with Gasteiger partial charge in [-0.15, -0.1) is 0 Å². The summed E-state index contributed by atoms with van der Waals surface area (Å²) in [7, 11) is -3.25. The number of nitrogens with one attached hydrogen (secondary N) is 1. The van der Waals surface area contributed by atoms with Crippen molar-refractivity contribution in [2.24, 2.45) is 17.6 Å². The van der Waals surface area contributed by atoms with Gasteiger partial charge in [-0.1, -0.05) is 36.9 Å². The average Bonchev–Trinajstić information content (AvgIpc) is 3.06. The SMILES string of the molecule is N[C@H](C(=O)C[C@H]1CCCC[C@@H]1CC[C@H]1CN[C@@H]2CCCS(=O)(=O)N1C2)[C@H](c1cncc(F)c1)c1ccc(Cl)c(F)c1. The molecule has 0 spiro atoms. The maximum Gasteiger partial charge on any atom is 0.214 e. The number of piperazine rings is 1. The highest BCUT2D eigenvalue weighted by Gasteiger charge is 2.39. The standard InChI is InChI=1S/C30H39ClF2N4O3S/c31-26-10-8-21(13-27(26)33)29(22-12-23(32)16-35-15-22)30(34)28(38)14-20-5-2-1-4-19(20)7-9-25-17-36-24-6-3-11-41(39,40)37(25)18-24/h8,10,12-13,15-16,19-20,24-25,29-30,36H,1-7,9,11,14,17-18,34H2/t19-,20-,24-,25+,29+,30-/m1/s1. The Labute approximate surface area is 246 Å². The zero-order valence-corrected chi connectivity index (χ0v) is 24.7. The van der Waals surface area contributed by atoms with Crippen LogP contribution in [0, 0.1) is 23.5 Å². The first-order valence-corrected chi connectivity index (χ1v) is 16.7. The third-order valence-corrected chi connectivity index (χ3v) is 11.6. The molecule has 3 aliphatic rings. The molecule has 1 aromatic carbocycles. The van der Waals surface area contributed by atoms with Crippen molar-refractivity contribution in [3.8, 4) is 0 Å². The highest BCUT2D eigenvalue weighted by atomic mass is 35.5. The Bertz CT molecular complexity index is 1350. The summed E-state index contributed by atoms with van der Waals surface area (Å²) in [4.78, 5) is 17.6. The lowest BCUT2D eigenvalue weighted by Gasteiger charge is -2.39. The topological polar surface area (TPSA) is 105 Å². The highest BCUT2D eigenvalue weighted by Crippen LogP contribution is 2.38. The van der Waals surface area contributed by atoms with Crippen molar-refractivity contribution in [3.05, 3.63) is 64.4 Å². The second-order valence-corrected chi connectivity index (χ2v) is 14.4. The van der Waals surface area contributed by atoms with Crippen LogP contribution in [-0.2, 0) is 14.8 Å². The van der Waals surface area contributed by atoms with Gasteiger partial charge in [-0.25, -0.2) is 17.2 Å². The van der Waals surface area contributed by atoms with E-state index in [1.807, 2.05) is 0 Å². The summed E-state index contributed by atoms with van der Waals surface area (Å²) in [6.07, 6.45) is 9.95. The summed E-state index contributed by atoms with van der Waals surface area (Å²) in [6, 6.07) is 4.67. The average molecular weight is 609 g/mol. The second-order valence-electron chi connectivity index (χ2n) is 12.0. The van der Waals surface area contributed by atoms with Crippen molar-refractivity contribution in [3.63, 3.8) is 0 Å². The number of benzene rings is 1. The number of hydrogen-bond donors (Lipinski definition) is 2. The minimum Gasteiger partial charge on any atom is -0.321 e. The molecular weight excluding hydrogens is 570 g/mol. The van der Waals surface area contributed by atoms with Crippen LogP contribution < -0.4 is 11.1 Å². The van der Waals surface area contributed by atoms with Crippen molar-refractivity contribution in [2.45, 2.75) is 81.8 Å². The molecule has 0 radical (unpaired) electrons. The minimum atomic E-state index is -3.25. The van der Waals surface area contributed by atoms with Crippen molar-refractivity contribution >= 4 is 27.4 Å². The highest BCUT2D eigenvalue weighted by molar-refractivity contribution is 7.89. The second kappa shape index (κ2) is 13.1. The fourth-order valence-electron chi connectivity index (χ4n) is 7.08. The Morgan fingerprint density at radius 2 is 1.85 bits per heavy atom. The summed E-state index contributed by atoms with van der Waals surface area (Å²) >= 11 is 5.90. The van der Waals surface area contributed by atoms with Gasteiger partial charge in [0, 0.05) is 43.7 Å². The van der Waals surface area contributed by atoms with E-state index in [1.165, 1.54) is 24.4 Å². The number of nitrogens with zero attached hydrogens (tertiary/aromatic N) is 2. The van der Waals surface area contributed by atoms with Gasteiger partial charge in [-0.05, 0) is 73.3 Å². The minimum absolute atomic E-state index is 0.0496. The van der Waals surface area contributed by atoms with Crippen LogP contribution in [0.1, 0.15) is 74.8 Å². The Morgan fingerprint density at radius 3 is 2.61 bits per heavy atom. The number of fused-ring (bicyclic) bond motifs is 2. The monoisotopic (exact) mass is 608 g/mol. The van der Waals surface area contributed by atoms with Gasteiger partial charge in [-0.3, -0.25) is 9.78 Å². The summed E-state index contributed by atoms with van der Waals surface area (Å²) < 4.78 is 56.1. The maximum absolute atomic E-state index is 14.4. The number of Topliss-reactive ketones (excluding diaryl/α,β-unsaturated/α-hetero) is 1. The smallest absolute Gasteiger partial charge is 0.214 e. The molecule has 11 heteroatoms. The maximum atomic E-state index is 14.4. The summed E-state index contributed by atoms with van der Waals surface area (Å²) in [6.45, 7) is 1.20. The van der Waals surface area contributed by atoms with Crippen molar-refractivity contribution < 1.29 is 22.0 Å². The number of nitrogens with two attached hydrogens (primary N) is 1. The fourth-order valence-corrected chi connectivity index (χ4v) is 9.00. The zero-order chi connectivity index (χ0) is 29.1. The number of hydrogen-bond acceptors (Lipinski definition) is 6. The number of pyridine rings is 1. The lowest BCUT2D eigenvalue weighted by atomic mass is 9.72. The molecule has 1 unspecified atom stereocenters. The number of sulfonamides is 1. The molecule has 0 amide bonds. The molecule has 2 saturated heterocycles. The number of rotatable bonds is 9. The zero-order valence-electron chi connectivity index (χ0n) is 23.2. The summed E-state index contributed by atoms with van der Waals surface area (Å²) in [5, 5.41) is 3.49. The Balaban J connectivity index is 1.29. The van der Waals surface area contributed by atoms with E-state index >= 15 is 0 Å². The van der Waals surface area contributed by atoms with Crippen LogP contribution >= 0.6 is 11.6 Å². The fraction of sp³-hybridized carbons (Fsp3) is 0.600. The van der Waals surface area contributed by atoms with Gasteiger partial charge in [0.1, 0.15) is 11.6 Å². The van der Waals surface area contributed by atoms with Crippen LogP contribution in [0.3, 0.4) is 0 Å². The van der Waals surface area contributed by atoms with Crippen LogP contribution in [0.15, 0.2) is 36.7 Å². The molecule has 2 aliphatic heterocycles. The van der Waals surface area contributed by atoms with Crippen LogP contribution in [0.5, 0.6) is 0 Å². The van der Waals surface area contributed by atoms with Gasteiger partial charge in [0.05, 0.1) is 23.0 Å². The first-order chi connectivity index (χ1) is 19.6. The molecule has 1 saturated carbocycles. The molecule has 1 aromatic heterocycles. The van der Waals surface area contributed by atoms with Gasteiger partial charge < -0.3 is 11.1 Å². The molecule has 3 N–H and O–H groups in total. The predicted molar refractivity (Wildman–Crippen MR) is 155 cm³/mol. The largest absolute Gasteiger partial charge is 0.321 e. The predicted octanol–water partition coefficient (Wildman–Crippen LogP) is 4.78. The van der Waals surface area contributed by atoms with E-state index in [1.54, 1.807) is 10.4 Å². The van der Waals surface area contributed by atoms with Crippen LogP contribution in [-0.4, -0.2) is 60.5 Å². The van der Waals surface area contributed by atoms with E-state index in [0.717, 1.165) is 51.1 Å². The number of aromatic nitrogens is 1. The van der Waals surface area contributed by atoms with Gasteiger partial charge in [0.25, 0.3) is 0 Å². The summed E-state index contributed by atoms with van der Waals surface area (Å²) in [5.41, 5.74) is 7.41. The Hall–Kier alpha value is -1.98. The van der Waals surface area contributed by atoms with E-state index in [4.69, 9.17) is 17.3 Å². The summed E-state index contributed by atoms with van der Waals surface area (Å²) in [5.74, 6) is -1.53. The van der Waals surface area contributed by atoms with Crippen LogP contribution in [0.25, 0.3) is 0 Å².